The molecule has 2 aromatic rings. The molecule has 0 aliphatic carbocycles. The normalized spacial score (nSPS) is 12.7. The van der Waals surface area contributed by atoms with Crippen molar-refractivity contribution < 1.29 is 24.2 Å². The Bertz CT molecular complexity index is 740. The van der Waals surface area contributed by atoms with E-state index in [4.69, 9.17) is 14.6 Å². The van der Waals surface area contributed by atoms with Gasteiger partial charge in [-0.2, -0.15) is 5.10 Å². The number of carbonyl (C=O) groups excluding carboxylic acids is 1. The molecule has 0 atom stereocenters. The molecule has 1 aliphatic rings. The maximum Gasteiger partial charge on any atom is 0.354 e. The molecule has 0 fully saturated rings. The van der Waals surface area contributed by atoms with Crippen LogP contribution in [0.1, 0.15) is 16.9 Å². The topological polar surface area (TPSA) is 103 Å². The molecule has 0 unspecified atom stereocenters. The van der Waals surface area contributed by atoms with Crippen LogP contribution in [0.5, 0.6) is 11.5 Å². The van der Waals surface area contributed by atoms with Gasteiger partial charge in [-0.3, -0.25) is 9.48 Å². The summed E-state index contributed by atoms with van der Waals surface area (Å²) in [4.78, 5) is 23.0. The van der Waals surface area contributed by atoms with Crippen molar-refractivity contribution in [1.29, 1.82) is 0 Å². The van der Waals surface area contributed by atoms with Crippen molar-refractivity contribution in [3.8, 4) is 11.5 Å². The van der Waals surface area contributed by atoms with Gasteiger partial charge in [-0.25, -0.2) is 4.79 Å². The summed E-state index contributed by atoms with van der Waals surface area (Å²) in [5, 5.41) is 15.6. The lowest BCUT2D eigenvalue weighted by Crippen LogP contribution is -2.18. The van der Waals surface area contributed by atoms with Gasteiger partial charge in [-0.15, -0.1) is 0 Å². The van der Waals surface area contributed by atoms with E-state index in [1.54, 1.807) is 18.2 Å². The highest BCUT2D eigenvalue weighted by Crippen LogP contribution is 2.32. The summed E-state index contributed by atoms with van der Waals surface area (Å²) in [5.74, 6) is -0.0746. The van der Waals surface area contributed by atoms with E-state index in [-0.39, 0.29) is 24.6 Å². The molecule has 0 saturated carbocycles. The lowest BCUT2D eigenvalue weighted by Gasteiger charge is -2.19. The Kier molecular flexibility index (Phi) is 4.13. The number of ether oxygens (including phenoxy) is 2. The first-order valence-corrected chi connectivity index (χ1v) is 7.08. The number of aromatic nitrogens is 2. The van der Waals surface area contributed by atoms with E-state index in [0.29, 0.717) is 30.4 Å². The number of hydrogen-bond donors (Lipinski definition) is 2. The average Bonchev–Trinajstić information content (AvgIpc) is 3.01. The first kappa shape index (κ1) is 14.9. The molecular weight excluding hydrogens is 302 g/mol. The van der Waals surface area contributed by atoms with Gasteiger partial charge in [-0.05, 0) is 18.2 Å². The number of carbonyl (C=O) groups is 2. The molecule has 0 bridgehead atoms. The standard InChI is InChI=1S/C15H15N3O5/c19-14(4-6-18-11(15(20)21)3-5-16-18)17-10-1-2-12-13(9-10)23-8-7-22-12/h1-3,5,9H,4,6-8H2,(H,17,19)(H,20,21). The van der Waals surface area contributed by atoms with Crippen LogP contribution in [0.3, 0.4) is 0 Å². The average molecular weight is 317 g/mol. The molecule has 120 valence electrons. The second-order valence-electron chi connectivity index (χ2n) is 4.90. The van der Waals surface area contributed by atoms with Crippen LogP contribution in [0.15, 0.2) is 30.5 Å². The van der Waals surface area contributed by atoms with Crippen molar-refractivity contribution in [2.24, 2.45) is 0 Å². The first-order valence-electron chi connectivity index (χ1n) is 7.08. The number of rotatable bonds is 5. The van der Waals surface area contributed by atoms with Crippen molar-refractivity contribution >= 4 is 17.6 Å². The minimum atomic E-state index is -1.07. The fourth-order valence-electron chi connectivity index (χ4n) is 2.24. The highest BCUT2D eigenvalue weighted by molar-refractivity contribution is 5.91. The van der Waals surface area contributed by atoms with Gasteiger partial charge in [0, 0.05) is 24.4 Å². The number of anilines is 1. The number of amides is 1. The van der Waals surface area contributed by atoms with E-state index in [1.165, 1.54) is 16.9 Å². The molecule has 2 heterocycles. The molecule has 1 aromatic carbocycles. The summed E-state index contributed by atoms with van der Waals surface area (Å²) in [6.45, 7) is 1.17. The number of benzene rings is 1. The second-order valence-corrected chi connectivity index (χ2v) is 4.90. The highest BCUT2D eigenvalue weighted by atomic mass is 16.6. The number of aryl methyl sites for hydroxylation is 1. The fraction of sp³-hybridized carbons (Fsp3) is 0.267. The molecule has 3 rings (SSSR count). The van der Waals surface area contributed by atoms with Crippen LogP contribution in [0.4, 0.5) is 5.69 Å². The third kappa shape index (κ3) is 3.42. The number of carboxylic acids is 1. The SMILES string of the molecule is O=C(CCn1nccc1C(=O)O)Nc1ccc2c(c1)OCCO2. The minimum absolute atomic E-state index is 0.0529. The number of aromatic carboxylic acids is 1. The third-order valence-corrected chi connectivity index (χ3v) is 3.31. The van der Waals surface area contributed by atoms with Crippen LogP contribution in [-0.4, -0.2) is 40.0 Å². The third-order valence-electron chi connectivity index (χ3n) is 3.31. The van der Waals surface area contributed by atoms with Crippen molar-refractivity contribution in [1.82, 2.24) is 9.78 Å². The van der Waals surface area contributed by atoms with Crippen LogP contribution >= 0.6 is 0 Å². The number of nitrogens with one attached hydrogen (secondary N) is 1. The van der Waals surface area contributed by atoms with E-state index in [9.17, 15) is 9.59 Å². The van der Waals surface area contributed by atoms with Gasteiger partial charge < -0.3 is 19.9 Å². The van der Waals surface area contributed by atoms with Gasteiger partial charge in [0.25, 0.3) is 0 Å². The summed E-state index contributed by atoms with van der Waals surface area (Å²) in [7, 11) is 0. The van der Waals surface area contributed by atoms with E-state index < -0.39 is 5.97 Å². The zero-order chi connectivity index (χ0) is 16.2. The van der Waals surface area contributed by atoms with E-state index in [1.807, 2.05) is 0 Å². The highest BCUT2D eigenvalue weighted by Gasteiger charge is 2.14. The minimum Gasteiger partial charge on any atom is -0.486 e. The van der Waals surface area contributed by atoms with E-state index in [0.717, 1.165) is 0 Å². The van der Waals surface area contributed by atoms with Crippen LogP contribution < -0.4 is 14.8 Å². The summed E-state index contributed by atoms with van der Waals surface area (Å²) >= 11 is 0. The Balaban J connectivity index is 1.59. The molecule has 8 nitrogen and oxygen atoms in total. The predicted molar refractivity (Wildman–Crippen MR) is 79.9 cm³/mol. The second kappa shape index (κ2) is 6.39. The predicted octanol–water partition coefficient (Wildman–Crippen LogP) is 1.38. The van der Waals surface area contributed by atoms with E-state index in [2.05, 4.69) is 10.4 Å². The monoisotopic (exact) mass is 317 g/mol. The Hall–Kier alpha value is -3.03. The molecule has 1 amide bonds. The molecule has 1 aliphatic heterocycles. The number of nitrogens with zero attached hydrogens (tertiary/aromatic N) is 2. The van der Waals surface area contributed by atoms with Gasteiger partial charge in [0.15, 0.2) is 11.5 Å². The molecule has 0 radical (unpaired) electrons. The van der Waals surface area contributed by atoms with Crippen LogP contribution in [0.2, 0.25) is 0 Å². The summed E-state index contributed by atoms with van der Waals surface area (Å²) in [6.07, 6.45) is 1.50. The first-order chi connectivity index (χ1) is 11.1. The van der Waals surface area contributed by atoms with Gasteiger partial charge in [-0.1, -0.05) is 0 Å². The summed E-state index contributed by atoms with van der Waals surface area (Å²) < 4.78 is 12.1. The van der Waals surface area contributed by atoms with Gasteiger partial charge in [0.2, 0.25) is 5.91 Å². The van der Waals surface area contributed by atoms with Crippen molar-refractivity contribution in [3.05, 3.63) is 36.2 Å². The molecule has 23 heavy (non-hydrogen) atoms. The Morgan fingerprint density at radius 3 is 2.78 bits per heavy atom. The zero-order valence-corrected chi connectivity index (χ0v) is 12.2. The molecule has 2 N–H and O–H groups in total. The fourth-order valence-corrected chi connectivity index (χ4v) is 2.24. The van der Waals surface area contributed by atoms with Crippen molar-refractivity contribution in [2.45, 2.75) is 13.0 Å². The Morgan fingerprint density at radius 2 is 2.00 bits per heavy atom. The lowest BCUT2D eigenvalue weighted by molar-refractivity contribution is -0.116. The van der Waals surface area contributed by atoms with Crippen molar-refractivity contribution in [2.75, 3.05) is 18.5 Å². The molecule has 0 saturated heterocycles. The van der Waals surface area contributed by atoms with Gasteiger partial charge in [0.1, 0.15) is 18.9 Å². The summed E-state index contributed by atoms with van der Waals surface area (Å²) in [6, 6.07) is 6.55. The van der Waals surface area contributed by atoms with E-state index >= 15 is 0 Å². The number of hydrogen-bond acceptors (Lipinski definition) is 5. The molecule has 0 spiro atoms. The van der Waals surface area contributed by atoms with Crippen LogP contribution in [0.25, 0.3) is 0 Å². The Morgan fingerprint density at radius 1 is 1.22 bits per heavy atom. The quantitative estimate of drug-likeness (QED) is 0.863. The van der Waals surface area contributed by atoms with Gasteiger partial charge in [0.05, 0.1) is 6.54 Å². The molecule has 8 heteroatoms. The largest absolute Gasteiger partial charge is 0.486 e. The van der Waals surface area contributed by atoms with Gasteiger partial charge >= 0.3 is 5.97 Å². The van der Waals surface area contributed by atoms with Crippen molar-refractivity contribution in [3.63, 3.8) is 0 Å². The lowest BCUT2D eigenvalue weighted by atomic mass is 10.2. The van der Waals surface area contributed by atoms with Crippen LogP contribution in [-0.2, 0) is 11.3 Å². The summed E-state index contributed by atoms with van der Waals surface area (Å²) in [5.41, 5.74) is 0.648. The molecular formula is C15H15N3O5. The maximum atomic E-state index is 12.0. The zero-order valence-electron chi connectivity index (χ0n) is 12.2. The smallest absolute Gasteiger partial charge is 0.354 e. The number of carboxylic acid groups (broad SMARTS) is 1. The van der Waals surface area contributed by atoms with Crippen LogP contribution in [0, 0.1) is 0 Å². The number of fused-ring (bicyclic) bond motifs is 1. The molecule has 1 aromatic heterocycles. The maximum absolute atomic E-state index is 12.0. The Labute approximate surface area is 131 Å².